The van der Waals surface area contributed by atoms with Crippen molar-refractivity contribution in [3.63, 3.8) is 0 Å². The second kappa shape index (κ2) is 6.11. The van der Waals surface area contributed by atoms with Gasteiger partial charge in [0.25, 0.3) is 0 Å². The van der Waals surface area contributed by atoms with E-state index in [2.05, 4.69) is 17.2 Å². The standard InChI is InChI=1S/C17H21NO2/c1-13-5-3-6-15(11-13)8-10-17(20)9-4-7-16(12-17)18-14(2)19/h3,5-6,11,16,20H,4,7,9,12H2,1-2H3,(H,18,19)/t16-,17+/m1/s1. The van der Waals surface area contributed by atoms with Crippen molar-refractivity contribution >= 4 is 5.91 Å². The highest BCUT2D eigenvalue weighted by atomic mass is 16.3. The first-order valence-electron chi connectivity index (χ1n) is 7.06. The Kier molecular flexibility index (Phi) is 4.46. The molecule has 106 valence electrons. The van der Waals surface area contributed by atoms with Crippen molar-refractivity contribution in [2.45, 2.75) is 51.2 Å². The highest BCUT2D eigenvalue weighted by molar-refractivity contribution is 5.73. The van der Waals surface area contributed by atoms with E-state index in [1.807, 2.05) is 31.2 Å². The zero-order valence-corrected chi connectivity index (χ0v) is 12.1. The zero-order chi connectivity index (χ0) is 14.6. The predicted molar refractivity (Wildman–Crippen MR) is 79.1 cm³/mol. The maximum atomic E-state index is 11.1. The van der Waals surface area contributed by atoms with Crippen molar-refractivity contribution in [2.75, 3.05) is 0 Å². The first-order chi connectivity index (χ1) is 9.47. The summed E-state index contributed by atoms with van der Waals surface area (Å²) in [6.07, 6.45) is 2.96. The number of aliphatic hydroxyl groups is 1. The fraction of sp³-hybridized carbons (Fsp3) is 0.471. The summed E-state index contributed by atoms with van der Waals surface area (Å²) in [4.78, 5) is 11.1. The van der Waals surface area contributed by atoms with Crippen LogP contribution in [0.4, 0.5) is 0 Å². The first-order valence-corrected chi connectivity index (χ1v) is 7.06. The van der Waals surface area contributed by atoms with Crippen LogP contribution in [0.1, 0.15) is 43.7 Å². The molecule has 0 radical (unpaired) electrons. The van der Waals surface area contributed by atoms with Gasteiger partial charge in [0.15, 0.2) is 0 Å². The van der Waals surface area contributed by atoms with Crippen LogP contribution >= 0.6 is 0 Å². The van der Waals surface area contributed by atoms with Gasteiger partial charge in [0.1, 0.15) is 5.60 Å². The van der Waals surface area contributed by atoms with Gasteiger partial charge >= 0.3 is 0 Å². The molecule has 1 amide bonds. The minimum Gasteiger partial charge on any atom is -0.378 e. The second-order valence-electron chi connectivity index (χ2n) is 5.64. The Morgan fingerprint density at radius 1 is 1.50 bits per heavy atom. The summed E-state index contributed by atoms with van der Waals surface area (Å²) in [5.41, 5.74) is 1.08. The summed E-state index contributed by atoms with van der Waals surface area (Å²) in [5, 5.41) is 13.4. The van der Waals surface area contributed by atoms with Gasteiger partial charge in [0.05, 0.1) is 0 Å². The van der Waals surface area contributed by atoms with E-state index in [4.69, 9.17) is 0 Å². The maximum Gasteiger partial charge on any atom is 0.217 e. The molecular weight excluding hydrogens is 250 g/mol. The Balaban J connectivity index is 2.09. The molecule has 0 unspecified atom stereocenters. The number of benzene rings is 1. The second-order valence-corrected chi connectivity index (χ2v) is 5.64. The summed E-state index contributed by atoms with van der Waals surface area (Å²) < 4.78 is 0. The van der Waals surface area contributed by atoms with Crippen LogP contribution in [0.3, 0.4) is 0 Å². The minimum absolute atomic E-state index is 0.0260. The largest absolute Gasteiger partial charge is 0.378 e. The fourth-order valence-electron chi connectivity index (χ4n) is 2.69. The van der Waals surface area contributed by atoms with Crippen molar-refractivity contribution < 1.29 is 9.90 Å². The van der Waals surface area contributed by atoms with E-state index in [1.54, 1.807) is 0 Å². The van der Waals surface area contributed by atoms with Crippen molar-refractivity contribution in [3.8, 4) is 11.8 Å². The minimum atomic E-state index is -0.991. The smallest absolute Gasteiger partial charge is 0.217 e. The molecule has 0 spiro atoms. The molecule has 1 aliphatic rings. The van der Waals surface area contributed by atoms with Gasteiger partial charge in [0.2, 0.25) is 5.91 Å². The molecule has 0 aromatic heterocycles. The van der Waals surface area contributed by atoms with E-state index in [9.17, 15) is 9.90 Å². The van der Waals surface area contributed by atoms with Crippen molar-refractivity contribution in [3.05, 3.63) is 35.4 Å². The summed E-state index contributed by atoms with van der Waals surface area (Å²) in [6.45, 7) is 3.53. The molecule has 0 saturated heterocycles. The summed E-state index contributed by atoms with van der Waals surface area (Å²) in [6, 6.07) is 7.96. The van der Waals surface area contributed by atoms with Gasteiger partial charge in [0, 0.05) is 24.9 Å². The van der Waals surface area contributed by atoms with Crippen molar-refractivity contribution in [1.29, 1.82) is 0 Å². The zero-order valence-electron chi connectivity index (χ0n) is 12.1. The molecule has 2 atom stereocenters. The third kappa shape index (κ3) is 4.11. The molecule has 1 aliphatic carbocycles. The van der Waals surface area contributed by atoms with Crippen LogP contribution in [-0.2, 0) is 4.79 Å². The van der Waals surface area contributed by atoms with Gasteiger partial charge in [-0.2, -0.15) is 0 Å². The van der Waals surface area contributed by atoms with Crippen LogP contribution < -0.4 is 5.32 Å². The molecule has 20 heavy (non-hydrogen) atoms. The van der Waals surface area contributed by atoms with E-state index in [1.165, 1.54) is 6.92 Å². The van der Waals surface area contributed by atoms with E-state index in [0.717, 1.165) is 24.0 Å². The monoisotopic (exact) mass is 271 g/mol. The first kappa shape index (κ1) is 14.6. The van der Waals surface area contributed by atoms with E-state index in [-0.39, 0.29) is 11.9 Å². The van der Waals surface area contributed by atoms with Gasteiger partial charge in [-0.15, -0.1) is 0 Å². The average Bonchev–Trinajstić information content (AvgIpc) is 2.36. The quantitative estimate of drug-likeness (QED) is 0.769. The van der Waals surface area contributed by atoms with Crippen LogP contribution in [0.25, 0.3) is 0 Å². The van der Waals surface area contributed by atoms with Gasteiger partial charge in [-0.25, -0.2) is 0 Å². The molecule has 0 aliphatic heterocycles. The maximum absolute atomic E-state index is 11.1. The Morgan fingerprint density at radius 2 is 2.30 bits per heavy atom. The Hall–Kier alpha value is -1.79. The van der Waals surface area contributed by atoms with Gasteiger partial charge < -0.3 is 10.4 Å². The van der Waals surface area contributed by atoms with Crippen LogP contribution in [0.2, 0.25) is 0 Å². The molecule has 1 aromatic rings. The molecule has 2 N–H and O–H groups in total. The molecule has 0 bridgehead atoms. The topological polar surface area (TPSA) is 49.3 Å². The molecule has 1 fully saturated rings. The fourth-order valence-corrected chi connectivity index (χ4v) is 2.69. The van der Waals surface area contributed by atoms with Gasteiger partial charge in [-0.3, -0.25) is 4.79 Å². The van der Waals surface area contributed by atoms with E-state index in [0.29, 0.717) is 12.8 Å². The van der Waals surface area contributed by atoms with E-state index < -0.39 is 5.60 Å². The number of carbonyl (C=O) groups excluding carboxylic acids is 1. The van der Waals surface area contributed by atoms with Crippen molar-refractivity contribution in [2.24, 2.45) is 0 Å². The number of carbonyl (C=O) groups is 1. The highest BCUT2D eigenvalue weighted by Crippen LogP contribution is 2.28. The molecule has 3 nitrogen and oxygen atoms in total. The lowest BCUT2D eigenvalue weighted by Gasteiger charge is -2.33. The van der Waals surface area contributed by atoms with Crippen LogP contribution in [0.15, 0.2) is 24.3 Å². The molecule has 3 heteroatoms. The number of rotatable bonds is 1. The highest BCUT2D eigenvalue weighted by Gasteiger charge is 2.33. The van der Waals surface area contributed by atoms with Crippen LogP contribution in [-0.4, -0.2) is 22.7 Å². The third-order valence-electron chi connectivity index (χ3n) is 3.59. The Labute approximate surface area is 120 Å². The molecule has 1 saturated carbocycles. The SMILES string of the molecule is CC(=O)N[C@@H]1CCC[C@](O)(C#Cc2cccc(C)c2)C1. The number of nitrogens with one attached hydrogen (secondary N) is 1. The number of amides is 1. The van der Waals surface area contributed by atoms with E-state index >= 15 is 0 Å². The Bertz CT molecular complexity index is 556. The number of hydrogen-bond acceptors (Lipinski definition) is 2. The summed E-state index contributed by atoms with van der Waals surface area (Å²) >= 11 is 0. The van der Waals surface area contributed by atoms with Crippen molar-refractivity contribution in [1.82, 2.24) is 5.32 Å². The normalized spacial score (nSPS) is 25.4. The summed E-state index contributed by atoms with van der Waals surface area (Å²) in [5.74, 6) is 6.01. The molecule has 1 aromatic carbocycles. The lowest BCUT2D eigenvalue weighted by atomic mass is 9.82. The molecule has 0 heterocycles. The number of aryl methyl sites for hydroxylation is 1. The van der Waals surface area contributed by atoms with Crippen LogP contribution in [0.5, 0.6) is 0 Å². The number of hydrogen-bond donors (Lipinski definition) is 2. The lowest BCUT2D eigenvalue weighted by Crippen LogP contribution is -2.44. The Morgan fingerprint density at radius 3 is 3.00 bits per heavy atom. The third-order valence-corrected chi connectivity index (χ3v) is 3.59. The van der Waals surface area contributed by atoms with Gasteiger partial charge in [-0.1, -0.05) is 24.0 Å². The average molecular weight is 271 g/mol. The molecule has 2 rings (SSSR count). The summed E-state index contributed by atoms with van der Waals surface area (Å²) in [7, 11) is 0. The predicted octanol–water partition coefficient (Wildman–Crippen LogP) is 2.16. The van der Waals surface area contributed by atoms with Gasteiger partial charge in [-0.05, 0) is 43.9 Å². The molecular formula is C17H21NO2. The lowest BCUT2D eigenvalue weighted by molar-refractivity contribution is -0.120. The van der Waals surface area contributed by atoms with Crippen LogP contribution in [0, 0.1) is 18.8 Å².